The first-order valence-corrected chi connectivity index (χ1v) is 9.42. The Balaban J connectivity index is 1.59. The Labute approximate surface area is 151 Å². The fourth-order valence-corrected chi connectivity index (χ4v) is 3.12. The zero-order chi connectivity index (χ0) is 17.6. The number of nitrogens with zero attached hydrogens (tertiary/aromatic N) is 1. The zero-order valence-corrected chi connectivity index (χ0v) is 14.9. The number of carbonyl (C=O) groups is 2. The van der Waals surface area contributed by atoms with Crippen LogP contribution >= 0.6 is 11.8 Å². The summed E-state index contributed by atoms with van der Waals surface area (Å²) in [6, 6.07) is 15.4. The highest BCUT2D eigenvalue weighted by molar-refractivity contribution is 7.98. The number of anilines is 2. The van der Waals surface area contributed by atoms with Crippen molar-refractivity contribution in [1.29, 1.82) is 0 Å². The minimum absolute atomic E-state index is 0.171. The van der Waals surface area contributed by atoms with Crippen molar-refractivity contribution in [3.05, 3.63) is 60.2 Å². The van der Waals surface area contributed by atoms with Gasteiger partial charge in [0.15, 0.2) is 0 Å². The lowest BCUT2D eigenvalue weighted by Crippen LogP contribution is -2.23. The summed E-state index contributed by atoms with van der Waals surface area (Å²) in [6.45, 7) is 0.783. The summed E-state index contributed by atoms with van der Waals surface area (Å²) >= 11 is 1.66. The summed E-state index contributed by atoms with van der Waals surface area (Å²) in [5, 5.41) is 2.84. The second-order valence-electron chi connectivity index (χ2n) is 5.79. The summed E-state index contributed by atoms with van der Waals surface area (Å²) in [7, 11) is 0. The SMILES string of the molecule is CSc1ccc(NC(=O)/C=C/c2ccc(N3CCCC3=O)cc2)cc1. The molecule has 1 fully saturated rings. The molecule has 2 aromatic rings. The van der Waals surface area contributed by atoms with Crippen LogP contribution in [0.2, 0.25) is 0 Å². The van der Waals surface area contributed by atoms with Gasteiger partial charge in [0.25, 0.3) is 0 Å². The molecule has 0 bridgehead atoms. The molecule has 5 heteroatoms. The van der Waals surface area contributed by atoms with Crippen LogP contribution in [0.3, 0.4) is 0 Å². The molecule has 0 radical (unpaired) electrons. The van der Waals surface area contributed by atoms with Gasteiger partial charge in [-0.2, -0.15) is 0 Å². The minimum Gasteiger partial charge on any atom is -0.323 e. The van der Waals surface area contributed by atoms with E-state index in [1.165, 1.54) is 6.08 Å². The van der Waals surface area contributed by atoms with E-state index in [-0.39, 0.29) is 11.8 Å². The van der Waals surface area contributed by atoms with Crippen LogP contribution in [0.5, 0.6) is 0 Å². The van der Waals surface area contributed by atoms with Gasteiger partial charge in [-0.15, -0.1) is 11.8 Å². The van der Waals surface area contributed by atoms with Crippen LogP contribution in [-0.4, -0.2) is 24.6 Å². The standard InChI is InChI=1S/C20H20N2O2S/c1-25-18-11-7-16(8-12-18)21-19(23)13-6-15-4-9-17(10-5-15)22-14-2-3-20(22)24/h4-13H,2-3,14H2,1H3,(H,21,23)/b13-6+. The Kier molecular flexibility index (Phi) is 5.56. The van der Waals surface area contributed by atoms with E-state index in [2.05, 4.69) is 5.32 Å². The number of nitrogens with one attached hydrogen (secondary N) is 1. The highest BCUT2D eigenvalue weighted by Gasteiger charge is 2.21. The third-order valence-electron chi connectivity index (χ3n) is 4.06. The monoisotopic (exact) mass is 352 g/mol. The van der Waals surface area contributed by atoms with Crippen LogP contribution < -0.4 is 10.2 Å². The second kappa shape index (κ2) is 8.03. The van der Waals surface area contributed by atoms with Gasteiger partial charge >= 0.3 is 0 Å². The minimum atomic E-state index is -0.171. The van der Waals surface area contributed by atoms with Crippen LogP contribution in [0.15, 0.2) is 59.5 Å². The summed E-state index contributed by atoms with van der Waals surface area (Å²) in [4.78, 5) is 26.7. The second-order valence-corrected chi connectivity index (χ2v) is 6.67. The first-order valence-electron chi connectivity index (χ1n) is 8.19. The lowest BCUT2D eigenvalue weighted by atomic mass is 10.2. The van der Waals surface area contributed by atoms with Crippen LogP contribution in [-0.2, 0) is 9.59 Å². The van der Waals surface area contributed by atoms with Gasteiger partial charge in [0.2, 0.25) is 11.8 Å². The Morgan fingerprint density at radius 3 is 2.44 bits per heavy atom. The molecular formula is C20H20N2O2S. The Morgan fingerprint density at radius 1 is 1.12 bits per heavy atom. The van der Waals surface area contributed by atoms with Crippen LogP contribution in [0.1, 0.15) is 18.4 Å². The average molecular weight is 352 g/mol. The van der Waals surface area contributed by atoms with E-state index >= 15 is 0 Å². The number of thioether (sulfide) groups is 1. The molecule has 4 nitrogen and oxygen atoms in total. The van der Waals surface area contributed by atoms with E-state index < -0.39 is 0 Å². The van der Waals surface area contributed by atoms with Crippen molar-refractivity contribution < 1.29 is 9.59 Å². The molecule has 1 heterocycles. The maximum Gasteiger partial charge on any atom is 0.248 e. The smallest absolute Gasteiger partial charge is 0.248 e. The van der Waals surface area contributed by atoms with Crippen molar-refractivity contribution >= 4 is 41.0 Å². The Morgan fingerprint density at radius 2 is 1.84 bits per heavy atom. The van der Waals surface area contributed by atoms with Gasteiger partial charge in [-0.3, -0.25) is 9.59 Å². The molecule has 0 spiro atoms. The first-order chi connectivity index (χ1) is 12.2. The first kappa shape index (κ1) is 17.3. The molecular weight excluding hydrogens is 332 g/mol. The maximum absolute atomic E-state index is 12.0. The van der Waals surface area contributed by atoms with Crippen molar-refractivity contribution in [2.75, 3.05) is 23.0 Å². The molecule has 0 atom stereocenters. The predicted molar refractivity (Wildman–Crippen MR) is 104 cm³/mol. The highest BCUT2D eigenvalue weighted by atomic mass is 32.2. The van der Waals surface area contributed by atoms with E-state index in [0.717, 1.165) is 34.8 Å². The predicted octanol–water partition coefficient (Wildman–Crippen LogP) is 4.19. The largest absolute Gasteiger partial charge is 0.323 e. The molecule has 0 unspecified atom stereocenters. The zero-order valence-electron chi connectivity index (χ0n) is 14.1. The van der Waals surface area contributed by atoms with Crippen LogP contribution in [0.25, 0.3) is 6.08 Å². The highest BCUT2D eigenvalue weighted by Crippen LogP contribution is 2.22. The normalized spacial score (nSPS) is 14.3. The van der Waals surface area contributed by atoms with Gasteiger partial charge in [0.1, 0.15) is 0 Å². The number of rotatable bonds is 5. The third-order valence-corrected chi connectivity index (χ3v) is 4.81. The van der Waals surface area contributed by atoms with Crippen molar-refractivity contribution in [2.24, 2.45) is 0 Å². The van der Waals surface area contributed by atoms with Crippen LogP contribution in [0.4, 0.5) is 11.4 Å². The number of amides is 2. The molecule has 1 aliphatic heterocycles. The van der Waals surface area contributed by atoms with E-state index in [1.54, 1.807) is 22.7 Å². The van der Waals surface area contributed by atoms with Gasteiger partial charge in [0.05, 0.1) is 0 Å². The maximum atomic E-state index is 12.0. The lowest BCUT2D eigenvalue weighted by Gasteiger charge is -2.15. The molecule has 1 saturated heterocycles. The molecule has 0 aromatic heterocycles. The van der Waals surface area contributed by atoms with Crippen molar-refractivity contribution in [3.8, 4) is 0 Å². The van der Waals surface area contributed by atoms with E-state index in [1.807, 2.05) is 54.8 Å². The molecule has 2 aromatic carbocycles. The van der Waals surface area contributed by atoms with Gasteiger partial charge < -0.3 is 10.2 Å². The summed E-state index contributed by atoms with van der Waals surface area (Å²) in [6.07, 6.45) is 6.83. The summed E-state index contributed by atoms with van der Waals surface area (Å²) in [5.74, 6) is 0.00543. The fraction of sp³-hybridized carbons (Fsp3) is 0.200. The average Bonchev–Trinajstić information content (AvgIpc) is 3.07. The van der Waals surface area contributed by atoms with E-state index in [4.69, 9.17) is 0 Å². The molecule has 128 valence electrons. The topological polar surface area (TPSA) is 49.4 Å². The van der Waals surface area contributed by atoms with Crippen molar-refractivity contribution in [3.63, 3.8) is 0 Å². The molecule has 25 heavy (non-hydrogen) atoms. The van der Waals surface area contributed by atoms with E-state index in [9.17, 15) is 9.59 Å². The Hall–Kier alpha value is -2.53. The summed E-state index contributed by atoms with van der Waals surface area (Å²) in [5.41, 5.74) is 2.61. The number of benzene rings is 2. The number of hydrogen-bond donors (Lipinski definition) is 1. The van der Waals surface area contributed by atoms with Gasteiger partial charge in [-0.1, -0.05) is 12.1 Å². The van der Waals surface area contributed by atoms with Gasteiger partial charge in [-0.25, -0.2) is 0 Å². The Bertz CT molecular complexity index is 782. The van der Waals surface area contributed by atoms with Crippen LogP contribution in [0, 0.1) is 0 Å². The van der Waals surface area contributed by atoms with Gasteiger partial charge in [-0.05, 0) is 60.7 Å². The lowest BCUT2D eigenvalue weighted by molar-refractivity contribution is -0.117. The molecule has 3 rings (SSSR count). The third kappa shape index (κ3) is 4.51. The number of carbonyl (C=O) groups excluding carboxylic acids is 2. The molecule has 1 N–H and O–H groups in total. The van der Waals surface area contributed by atoms with Gasteiger partial charge in [0, 0.05) is 35.3 Å². The molecule has 1 aliphatic rings. The molecule has 2 amide bonds. The van der Waals surface area contributed by atoms with Crippen molar-refractivity contribution in [1.82, 2.24) is 0 Å². The van der Waals surface area contributed by atoms with E-state index in [0.29, 0.717) is 6.42 Å². The fourth-order valence-electron chi connectivity index (χ4n) is 2.72. The summed E-state index contributed by atoms with van der Waals surface area (Å²) < 4.78 is 0. The molecule has 0 aliphatic carbocycles. The number of hydrogen-bond acceptors (Lipinski definition) is 3. The van der Waals surface area contributed by atoms with Crippen molar-refractivity contribution in [2.45, 2.75) is 17.7 Å². The molecule has 0 saturated carbocycles. The quantitative estimate of drug-likeness (QED) is 0.648.